The van der Waals surface area contributed by atoms with E-state index in [1.807, 2.05) is 103 Å². The molecule has 11 heteroatoms. The van der Waals surface area contributed by atoms with Gasteiger partial charge in [0, 0.05) is 44.1 Å². The van der Waals surface area contributed by atoms with Gasteiger partial charge in [0.1, 0.15) is 17.8 Å². The van der Waals surface area contributed by atoms with Gasteiger partial charge in [0.25, 0.3) is 0 Å². The van der Waals surface area contributed by atoms with E-state index >= 15 is 0 Å². The number of hydrogen-bond donors (Lipinski definition) is 4. The largest absolute Gasteiger partial charge is 0.487 e. The summed E-state index contributed by atoms with van der Waals surface area (Å²) in [5.41, 5.74) is 9.80. The van der Waals surface area contributed by atoms with Gasteiger partial charge in [-0.25, -0.2) is 0 Å². The Morgan fingerprint density at radius 1 is 0.844 bits per heavy atom. The van der Waals surface area contributed by atoms with Crippen LogP contribution in [-0.2, 0) is 26.0 Å². The van der Waals surface area contributed by atoms with Crippen molar-refractivity contribution in [2.24, 2.45) is 23.5 Å². The first-order chi connectivity index (χ1) is 30.7. The fourth-order valence-electron chi connectivity index (χ4n) is 9.84. The van der Waals surface area contributed by atoms with E-state index in [-0.39, 0.29) is 34.4 Å². The summed E-state index contributed by atoms with van der Waals surface area (Å²) >= 11 is 0. The van der Waals surface area contributed by atoms with E-state index in [0.717, 1.165) is 72.8 Å². The number of benzene rings is 4. The SMILES string of the molecule is CC(C)(C)[Si](C)(C)O[C@H](CNCC1CCCC(CNC(=O)CCN2CC[C@@H](C(C(N)=O)(c3ccccc3)c3ccccc3)C2)C1)c1ccc(OCc2ccccc2)c2[nH]c(=O)ccc12. The van der Waals surface area contributed by atoms with Crippen molar-refractivity contribution in [1.29, 1.82) is 0 Å². The zero-order chi connectivity index (χ0) is 45.3. The number of primary amides is 1. The molecule has 4 aromatic carbocycles. The molecule has 0 radical (unpaired) electrons. The van der Waals surface area contributed by atoms with Gasteiger partial charge in [0.2, 0.25) is 17.4 Å². The lowest BCUT2D eigenvalue weighted by atomic mass is 9.64. The van der Waals surface area contributed by atoms with E-state index in [2.05, 4.69) is 60.4 Å². The lowest BCUT2D eigenvalue weighted by molar-refractivity contribution is -0.124. The molecule has 1 saturated heterocycles. The van der Waals surface area contributed by atoms with Gasteiger partial charge in [-0.15, -0.1) is 0 Å². The molecular formula is C53H69N5O5Si. The average Bonchev–Trinajstić information content (AvgIpc) is 3.76. The van der Waals surface area contributed by atoms with Gasteiger partial charge >= 0.3 is 0 Å². The fourth-order valence-corrected chi connectivity index (χ4v) is 11.1. The summed E-state index contributed by atoms with van der Waals surface area (Å²) in [7, 11) is -2.21. The lowest BCUT2D eigenvalue weighted by Crippen LogP contribution is -2.49. The molecule has 0 bridgehead atoms. The van der Waals surface area contributed by atoms with Gasteiger partial charge in [-0.05, 0) is 109 Å². The highest BCUT2D eigenvalue weighted by atomic mass is 28.4. The molecule has 5 aromatic rings. The second-order valence-corrected chi connectivity index (χ2v) is 24.5. The number of nitrogens with two attached hydrogens (primary N) is 1. The van der Waals surface area contributed by atoms with Crippen molar-refractivity contribution in [2.45, 2.75) is 95.6 Å². The maximum absolute atomic E-state index is 13.5. The topological polar surface area (TPSA) is 139 Å². The zero-order valence-electron chi connectivity index (χ0n) is 38.5. The number of H-pyrrole nitrogens is 1. The summed E-state index contributed by atoms with van der Waals surface area (Å²) in [6, 6.07) is 37.4. The van der Waals surface area contributed by atoms with E-state index in [1.54, 1.807) is 6.07 Å². The number of pyridine rings is 1. The Labute approximate surface area is 380 Å². The van der Waals surface area contributed by atoms with Gasteiger partial charge < -0.3 is 35.4 Å². The summed E-state index contributed by atoms with van der Waals surface area (Å²) in [4.78, 5) is 44.8. The van der Waals surface area contributed by atoms with E-state index in [9.17, 15) is 14.4 Å². The number of amides is 2. The van der Waals surface area contributed by atoms with Gasteiger partial charge in [0.05, 0.1) is 11.6 Å². The Morgan fingerprint density at radius 2 is 1.48 bits per heavy atom. The minimum Gasteiger partial charge on any atom is -0.487 e. The highest BCUT2D eigenvalue weighted by molar-refractivity contribution is 6.74. The lowest BCUT2D eigenvalue weighted by Gasteiger charge is -2.40. The van der Waals surface area contributed by atoms with Crippen LogP contribution in [0.4, 0.5) is 0 Å². The molecule has 2 amide bonds. The standard InChI is InChI=1S/C53H69N5O5Si/c1-52(2,3)64(4,5)63-47(44-24-26-46(50-45(44)25-27-49(60)57-50)62-37-38-16-9-6-10-17-38)35-55-33-39-18-15-19-40(32-39)34-56-48(59)29-31-58-30-28-43(36-58)53(51(54)61,41-20-11-7-12-21-41)42-22-13-8-14-23-42/h6-14,16-17,20-27,39-40,43,47,55H,15,18-19,28-37H2,1-5H3,(H2,54,61)(H,56,59)(H,57,60)/t39?,40?,43-,47-/m1/s1. The van der Waals surface area contributed by atoms with E-state index in [1.165, 1.54) is 0 Å². The Morgan fingerprint density at radius 3 is 2.12 bits per heavy atom. The Balaban J connectivity index is 0.935. The molecular weight excluding hydrogens is 815 g/mol. The maximum atomic E-state index is 13.5. The van der Waals surface area contributed by atoms with Crippen LogP contribution in [0.5, 0.6) is 5.75 Å². The van der Waals surface area contributed by atoms with Crippen molar-refractivity contribution in [2.75, 3.05) is 39.3 Å². The molecule has 2 unspecified atom stereocenters. The Kier molecular flexibility index (Phi) is 15.3. The number of likely N-dealkylation sites (tertiary alicyclic amines) is 1. The number of carbonyl (C=O) groups excluding carboxylic acids is 2. The number of carbonyl (C=O) groups is 2. The molecule has 340 valence electrons. The molecule has 1 aliphatic carbocycles. The van der Waals surface area contributed by atoms with Crippen LogP contribution >= 0.6 is 0 Å². The van der Waals surface area contributed by atoms with Crippen LogP contribution in [0.15, 0.2) is 120 Å². The van der Waals surface area contributed by atoms with Crippen molar-refractivity contribution in [3.05, 3.63) is 148 Å². The van der Waals surface area contributed by atoms with Crippen LogP contribution in [-0.4, -0.2) is 69.3 Å². The van der Waals surface area contributed by atoms with Gasteiger partial charge in [0.15, 0.2) is 8.32 Å². The average molecular weight is 884 g/mol. The van der Waals surface area contributed by atoms with Crippen molar-refractivity contribution in [3.63, 3.8) is 0 Å². The number of ether oxygens (including phenoxy) is 1. The summed E-state index contributed by atoms with van der Waals surface area (Å²) < 4.78 is 13.5. The van der Waals surface area contributed by atoms with Crippen molar-refractivity contribution in [1.82, 2.24) is 20.5 Å². The Bertz CT molecular complexity index is 2330. The fraction of sp³-hybridized carbons (Fsp3) is 0.453. The minimum atomic E-state index is -2.21. The number of nitrogens with one attached hydrogen (secondary N) is 3. The predicted octanol–water partition coefficient (Wildman–Crippen LogP) is 8.87. The van der Waals surface area contributed by atoms with Crippen molar-refractivity contribution < 1.29 is 18.8 Å². The van der Waals surface area contributed by atoms with Crippen LogP contribution in [0.1, 0.15) is 87.7 Å². The van der Waals surface area contributed by atoms with Crippen LogP contribution in [0.25, 0.3) is 10.9 Å². The summed E-state index contributed by atoms with van der Waals surface area (Å²) in [6.45, 7) is 16.1. The van der Waals surface area contributed by atoms with Crippen molar-refractivity contribution >= 4 is 31.0 Å². The maximum Gasteiger partial charge on any atom is 0.248 e. The van der Waals surface area contributed by atoms with Gasteiger partial charge in [-0.3, -0.25) is 14.4 Å². The van der Waals surface area contributed by atoms with E-state index < -0.39 is 13.7 Å². The smallest absolute Gasteiger partial charge is 0.248 e. The van der Waals surface area contributed by atoms with Crippen LogP contribution in [0, 0.1) is 17.8 Å². The number of aromatic nitrogens is 1. The van der Waals surface area contributed by atoms with Crippen molar-refractivity contribution in [3.8, 4) is 5.75 Å². The number of fused-ring (bicyclic) bond motifs is 1. The number of nitrogens with zero attached hydrogens (tertiary/aromatic N) is 1. The molecule has 5 N–H and O–H groups in total. The summed E-state index contributed by atoms with van der Waals surface area (Å²) in [6.07, 6.45) is 5.47. The molecule has 64 heavy (non-hydrogen) atoms. The molecule has 1 aliphatic heterocycles. The molecule has 10 nitrogen and oxygen atoms in total. The number of hydrogen-bond acceptors (Lipinski definition) is 7. The normalized spacial score (nSPS) is 19.0. The first-order valence-corrected chi connectivity index (χ1v) is 26.3. The molecule has 2 heterocycles. The summed E-state index contributed by atoms with van der Waals surface area (Å²) in [5.74, 6) is 1.29. The second-order valence-electron chi connectivity index (χ2n) is 19.7. The number of rotatable bonds is 19. The van der Waals surface area contributed by atoms with Gasteiger partial charge in [-0.2, -0.15) is 0 Å². The number of aromatic amines is 1. The highest BCUT2D eigenvalue weighted by Crippen LogP contribution is 2.44. The predicted molar refractivity (Wildman–Crippen MR) is 260 cm³/mol. The molecule has 4 atom stereocenters. The van der Waals surface area contributed by atoms with E-state index in [4.69, 9.17) is 14.9 Å². The third kappa shape index (κ3) is 11.1. The first kappa shape index (κ1) is 46.9. The third-order valence-electron chi connectivity index (χ3n) is 14.3. The molecule has 1 saturated carbocycles. The van der Waals surface area contributed by atoms with Gasteiger partial charge in [-0.1, -0.05) is 124 Å². The third-order valence-corrected chi connectivity index (χ3v) is 18.8. The minimum absolute atomic E-state index is 0.00488. The molecule has 2 aliphatic rings. The van der Waals surface area contributed by atoms with Crippen LogP contribution in [0.3, 0.4) is 0 Å². The Hall–Kier alpha value is -5.07. The highest BCUT2D eigenvalue weighted by Gasteiger charge is 2.49. The second kappa shape index (κ2) is 20.8. The zero-order valence-corrected chi connectivity index (χ0v) is 39.5. The van der Waals surface area contributed by atoms with E-state index in [0.29, 0.717) is 62.3 Å². The molecule has 7 rings (SSSR count). The van der Waals surface area contributed by atoms with Crippen LogP contribution in [0.2, 0.25) is 18.1 Å². The molecule has 2 fully saturated rings. The van der Waals surface area contributed by atoms with Crippen LogP contribution < -0.4 is 26.7 Å². The summed E-state index contributed by atoms with van der Waals surface area (Å²) in [5, 5.41) is 8.02. The monoisotopic (exact) mass is 884 g/mol. The molecule has 0 spiro atoms. The quantitative estimate of drug-likeness (QED) is 0.0608. The molecule has 1 aromatic heterocycles. The first-order valence-electron chi connectivity index (χ1n) is 23.4.